The lowest BCUT2D eigenvalue weighted by Crippen LogP contribution is -2.38. The van der Waals surface area contributed by atoms with Gasteiger partial charge in [0.05, 0.1) is 4.90 Å². The van der Waals surface area contributed by atoms with E-state index in [0.717, 1.165) is 25.0 Å². The molecule has 0 aromatic carbocycles. The quantitative estimate of drug-likeness (QED) is 0.833. The molecule has 1 aliphatic carbocycles. The van der Waals surface area contributed by atoms with Crippen molar-refractivity contribution in [3.8, 4) is 0 Å². The van der Waals surface area contributed by atoms with E-state index in [9.17, 15) is 8.42 Å². The molecule has 1 heterocycles. The van der Waals surface area contributed by atoms with Crippen LogP contribution in [0.1, 0.15) is 31.4 Å². The van der Waals surface area contributed by atoms with E-state index in [-0.39, 0.29) is 6.04 Å². The number of sulfonamides is 1. The highest BCUT2D eigenvalue weighted by molar-refractivity contribution is 7.99. The van der Waals surface area contributed by atoms with Crippen molar-refractivity contribution in [1.29, 1.82) is 0 Å². The van der Waals surface area contributed by atoms with Gasteiger partial charge in [0.2, 0.25) is 10.0 Å². The van der Waals surface area contributed by atoms with Crippen LogP contribution in [-0.2, 0) is 23.6 Å². The molecule has 0 saturated heterocycles. The average Bonchev–Trinajstić information content (AvgIpc) is 2.81. The molecule has 120 valence electrons. The zero-order valence-electron chi connectivity index (χ0n) is 12.9. The molecule has 1 fully saturated rings. The summed E-state index contributed by atoms with van der Waals surface area (Å²) >= 11 is 1.84. The smallest absolute Gasteiger partial charge is 0.242 e. The van der Waals surface area contributed by atoms with Crippen LogP contribution >= 0.6 is 11.8 Å². The molecule has 0 aliphatic heterocycles. The maximum Gasteiger partial charge on any atom is 0.242 e. The highest BCUT2D eigenvalue weighted by Gasteiger charge is 2.26. The van der Waals surface area contributed by atoms with Gasteiger partial charge in [0.25, 0.3) is 0 Å². The second-order valence-electron chi connectivity index (χ2n) is 5.65. The number of aromatic nitrogens is 1. The third-order valence-corrected chi connectivity index (χ3v) is 6.61. The average molecular weight is 332 g/mol. The zero-order chi connectivity index (χ0) is 15.5. The van der Waals surface area contributed by atoms with Gasteiger partial charge in [-0.3, -0.25) is 0 Å². The Morgan fingerprint density at radius 3 is 2.86 bits per heavy atom. The lowest BCUT2D eigenvalue weighted by atomic mass is 9.96. The summed E-state index contributed by atoms with van der Waals surface area (Å²) in [7, 11) is 0.303. The molecule has 2 atom stereocenters. The van der Waals surface area contributed by atoms with Gasteiger partial charge in [0.1, 0.15) is 0 Å². The van der Waals surface area contributed by atoms with Crippen molar-refractivity contribution in [1.82, 2.24) is 14.6 Å². The summed E-state index contributed by atoms with van der Waals surface area (Å²) in [5.74, 6) is 0. The Balaban J connectivity index is 2.09. The Hall–Kier alpha value is -0.500. The van der Waals surface area contributed by atoms with Gasteiger partial charge in [-0.2, -0.15) is 11.8 Å². The number of nitrogens with one attached hydrogen (secondary N) is 2. The fourth-order valence-corrected chi connectivity index (χ4v) is 5.04. The largest absolute Gasteiger partial charge is 0.352 e. The van der Waals surface area contributed by atoms with Gasteiger partial charge in [-0.1, -0.05) is 6.42 Å². The monoisotopic (exact) mass is 331 g/mol. The summed E-state index contributed by atoms with van der Waals surface area (Å²) in [6.07, 6.45) is 7.94. The van der Waals surface area contributed by atoms with Crippen LogP contribution in [0.5, 0.6) is 0 Å². The van der Waals surface area contributed by atoms with E-state index in [0.29, 0.717) is 16.7 Å². The summed E-state index contributed by atoms with van der Waals surface area (Å²) in [4.78, 5) is 0.363. The third kappa shape index (κ3) is 4.25. The van der Waals surface area contributed by atoms with Crippen molar-refractivity contribution in [3.63, 3.8) is 0 Å². The number of nitrogens with zero attached hydrogens (tertiary/aromatic N) is 1. The molecule has 1 aromatic rings. The maximum absolute atomic E-state index is 12.5. The first-order chi connectivity index (χ1) is 9.96. The fraction of sp³-hybridized carbons (Fsp3) is 0.714. The molecule has 1 saturated carbocycles. The fourth-order valence-electron chi connectivity index (χ4n) is 2.83. The van der Waals surface area contributed by atoms with Crippen LogP contribution in [0, 0.1) is 0 Å². The molecule has 2 rings (SSSR count). The van der Waals surface area contributed by atoms with E-state index >= 15 is 0 Å². The van der Waals surface area contributed by atoms with E-state index < -0.39 is 10.0 Å². The Bertz CT molecular complexity index is 569. The molecule has 1 aliphatic rings. The Kier molecular flexibility index (Phi) is 5.76. The molecule has 1 aromatic heterocycles. The first-order valence-corrected chi connectivity index (χ1v) is 10.1. The number of aryl methyl sites for hydroxylation is 1. The van der Waals surface area contributed by atoms with Gasteiger partial charge in [-0.15, -0.1) is 0 Å². The van der Waals surface area contributed by atoms with E-state index in [1.807, 2.05) is 30.4 Å². The second kappa shape index (κ2) is 7.17. The highest BCUT2D eigenvalue weighted by atomic mass is 32.2. The highest BCUT2D eigenvalue weighted by Crippen LogP contribution is 2.28. The molecule has 7 heteroatoms. The van der Waals surface area contributed by atoms with Crippen LogP contribution in [0.2, 0.25) is 0 Å². The van der Waals surface area contributed by atoms with Crippen LogP contribution in [-0.4, -0.2) is 37.6 Å². The predicted octanol–water partition coefficient (Wildman–Crippen LogP) is 1.70. The molecule has 0 amide bonds. The second-order valence-corrected chi connectivity index (χ2v) is 8.50. The van der Waals surface area contributed by atoms with Crippen LogP contribution in [0.4, 0.5) is 0 Å². The molecule has 5 nitrogen and oxygen atoms in total. The summed E-state index contributed by atoms with van der Waals surface area (Å²) in [6.45, 7) is 0.657. The van der Waals surface area contributed by atoms with E-state index in [1.54, 1.807) is 12.3 Å². The van der Waals surface area contributed by atoms with Crippen LogP contribution in [0.15, 0.2) is 17.2 Å². The number of rotatable bonds is 6. The van der Waals surface area contributed by atoms with Crippen LogP contribution < -0.4 is 10.0 Å². The number of thioether (sulfide) groups is 1. The molecule has 0 bridgehead atoms. The molecular weight excluding hydrogens is 306 g/mol. The SMILES string of the molecule is CNCc1cc(S(=O)(=O)NC2CCCC(SC)C2)cn1C. The predicted molar refractivity (Wildman–Crippen MR) is 88.1 cm³/mol. The Morgan fingerprint density at radius 2 is 2.19 bits per heavy atom. The number of hydrogen-bond donors (Lipinski definition) is 2. The van der Waals surface area contributed by atoms with Gasteiger partial charge >= 0.3 is 0 Å². The molecular formula is C14H25N3O2S2. The van der Waals surface area contributed by atoms with Crippen molar-refractivity contribution in [2.75, 3.05) is 13.3 Å². The first kappa shape index (κ1) is 16.9. The minimum absolute atomic E-state index is 0.0640. The standard InChI is InChI=1S/C14H25N3O2S2/c1-15-9-12-8-14(10-17(12)2)21(18,19)16-11-5-4-6-13(7-11)20-3/h8,10-11,13,15-16H,4-7,9H2,1-3H3. The molecule has 2 N–H and O–H groups in total. The number of hydrogen-bond acceptors (Lipinski definition) is 4. The molecule has 0 radical (unpaired) electrons. The van der Waals surface area contributed by atoms with Gasteiger partial charge in [-0.25, -0.2) is 13.1 Å². The Labute approximate surface area is 131 Å². The van der Waals surface area contributed by atoms with Gasteiger partial charge in [-0.05, 0) is 38.6 Å². The minimum atomic E-state index is -3.42. The third-order valence-electron chi connectivity index (χ3n) is 4.03. The lowest BCUT2D eigenvalue weighted by molar-refractivity contribution is 0.421. The van der Waals surface area contributed by atoms with Crippen LogP contribution in [0.3, 0.4) is 0 Å². The van der Waals surface area contributed by atoms with Gasteiger partial charge in [0, 0.05) is 36.8 Å². The topological polar surface area (TPSA) is 63.1 Å². The van der Waals surface area contributed by atoms with Crippen molar-refractivity contribution in [2.24, 2.45) is 7.05 Å². The normalized spacial score (nSPS) is 23.4. The summed E-state index contributed by atoms with van der Waals surface area (Å²) in [6, 6.07) is 1.81. The van der Waals surface area contributed by atoms with Crippen molar-refractivity contribution < 1.29 is 8.42 Å². The minimum Gasteiger partial charge on any atom is -0.352 e. The summed E-state index contributed by atoms with van der Waals surface area (Å²) < 4.78 is 29.8. The van der Waals surface area contributed by atoms with E-state index in [2.05, 4.69) is 16.3 Å². The van der Waals surface area contributed by atoms with Crippen molar-refractivity contribution in [2.45, 2.75) is 48.4 Å². The molecule has 2 unspecified atom stereocenters. The van der Waals surface area contributed by atoms with E-state index in [4.69, 9.17) is 0 Å². The van der Waals surface area contributed by atoms with E-state index in [1.165, 1.54) is 6.42 Å². The zero-order valence-corrected chi connectivity index (χ0v) is 14.6. The maximum atomic E-state index is 12.5. The summed E-state index contributed by atoms with van der Waals surface area (Å²) in [5.41, 5.74) is 0.962. The Morgan fingerprint density at radius 1 is 1.43 bits per heavy atom. The van der Waals surface area contributed by atoms with Crippen LogP contribution in [0.25, 0.3) is 0 Å². The van der Waals surface area contributed by atoms with Crippen molar-refractivity contribution >= 4 is 21.8 Å². The van der Waals surface area contributed by atoms with Gasteiger partial charge < -0.3 is 9.88 Å². The lowest BCUT2D eigenvalue weighted by Gasteiger charge is -2.28. The summed E-state index contributed by atoms with van der Waals surface area (Å²) in [5, 5.41) is 3.62. The molecule has 21 heavy (non-hydrogen) atoms. The molecule has 0 spiro atoms. The first-order valence-electron chi connectivity index (χ1n) is 7.31. The van der Waals surface area contributed by atoms with Gasteiger partial charge in [0.15, 0.2) is 0 Å². The van der Waals surface area contributed by atoms with Crippen molar-refractivity contribution in [3.05, 3.63) is 18.0 Å².